The summed E-state index contributed by atoms with van der Waals surface area (Å²) in [6, 6.07) is 0.248. The van der Waals surface area contributed by atoms with Crippen LogP contribution in [0.25, 0.3) is 0 Å². The molecule has 2 aliphatic heterocycles. The van der Waals surface area contributed by atoms with Crippen LogP contribution in [-0.2, 0) is 9.59 Å². The molecule has 2 heterocycles. The smallest absolute Gasteiger partial charge is 0.242 e. The zero-order chi connectivity index (χ0) is 18.7. The van der Waals surface area contributed by atoms with Crippen molar-refractivity contribution in [3.8, 4) is 0 Å². The Morgan fingerprint density at radius 3 is 2.40 bits per heavy atom. The van der Waals surface area contributed by atoms with E-state index in [4.69, 9.17) is 5.73 Å². The Morgan fingerprint density at radius 2 is 1.84 bits per heavy atom. The highest BCUT2D eigenvalue weighted by Crippen LogP contribution is 2.26. The number of likely N-dealkylation sites (tertiary alicyclic amines) is 2. The molecule has 2 saturated heterocycles. The summed E-state index contributed by atoms with van der Waals surface area (Å²) in [5, 5.41) is 14.0. The van der Waals surface area contributed by atoms with Crippen LogP contribution in [0.15, 0.2) is 0 Å². The highest BCUT2D eigenvalue weighted by molar-refractivity contribution is 5.85. The van der Waals surface area contributed by atoms with E-state index < -0.39 is 11.1 Å². The topological polar surface area (TPSA) is 98.9 Å². The molecular formula is C18H34N4O3. The molecule has 0 spiro atoms. The van der Waals surface area contributed by atoms with E-state index in [0.717, 1.165) is 32.4 Å². The Labute approximate surface area is 150 Å². The van der Waals surface area contributed by atoms with E-state index >= 15 is 0 Å². The number of hydrogen-bond donors (Lipinski definition) is 3. The third kappa shape index (κ3) is 5.94. The number of nitrogens with zero attached hydrogens (tertiary/aromatic N) is 2. The van der Waals surface area contributed by atoms with E-state index in [2.05, 4.69) is 10.2 Å². The Hall–Kier alpha value is -1.18. The summed E-state index contributed by atoms with van der Waals surface area (Å²) < 4.78 is 0. The first-order valence-electron chi connectivity index (χ1n) is 9.39. The average Bonchev–Trinajstić information content (AvgIpc) is 2.69. The van der Waals surface area contributed by atoms with Gasteiger partial charge in [0.1, 0.15) is 0 Å². The van der Waals surface area contributed by atoms with Gasteiger partial charge in [-0.15, -0.1) is 0 Å². The van der Waals surface area contributed by atoms with Gasteiger partial charge < -0.3 is 26.0 Å². The molecular weight excluding hydrogens is 320 g/mol. The first-order valence-corrected chi connectivity index (χ1v) is 9.39. The van der Waals surface area contributed by atoms with E-state index in [1.807, 2.05) is 0 Å². The van der Waals surface area contributed by atoms with Crippen molar-refractivity contribution in [3.63, 3.8) is 0 Å². The normalized spacial score (nSPS) is 27.0. The number of β-amino-alcohol motifs (C(OH)–C–C–N with tert-alkyl or cyclic N) is 1. The molecule has 0 radical (unpaired) electrons. The minimum atomic E-state index is -0.867. The third-order valence-corrected chi connectivity index (χ3v) is 5.27. The first-order chi connectivity index (χ1) is 11.6. The van der Waals surface area contributed by atoms with E-state index in [0.29, 0.717) is 32.5 Å². The molecule has 1 atom stereocenters. The standard InChI is InChI=1S/C18H34N4O3/c1-14(23)20-15-5-10-21(11-6-15)13-18(25)7-4-9-22(12-8-18)16(24)17(2,3)19/h15,25H,4-13,19H2,1-3H3,(H,20,23). The SMILES string of the molecule is CC(=O)NC1CCN(CC2(O)CCCN(C(=O)C(C)(C)N)CC2)CC1. The number of aliphatic hydroxyl groups is 1. The molecule has 7 nitrogen and oxygen atoms in total. The van der Waals surface area contributed by atoms with Crippen LogP contribution in [0.1, 0.15) is 52.9 Å². The van der Waals surface area contributed by atoms with Crippen molar-refractivity contribution in [2.75, 3.05) is 32.7 Å². The average molecular weight is 354 g/mol. The molecule has 2 aliphatic rings. The van der Waals surface area contributed by atoms with Crippen LogP contribution in [0.2, 0.25) is 0 Å². The zero-order valence-electron chi connectivity index (χ0n) is 15.9. The summed E-state index contributed by atoms with van der Waals surface area (Å²) in [5.41, 5.74) is 4.31. The lowest BCUT2D eigenvalue weighted by molar-refractivity contribution is -0.136. The molecule has 0 aromatic rings. The van der Waals surface area contributed by atoms with Gasteiger partial charge in [-0.1, -0.05) is 0 Å². The van der Waals surface area contributed by atoms with Crippen molar-refractivity contribution in [1.82, 2.24) is 15.1 Å². The van der Waals surface area contributed by atoms with Gasteiger partial charge >= 0.3 is 0 Å². The fraction of sp³-hybridized carbons (Fsp3) is 0.889. The molecule has 25 heavy (non-hydrogen) atoms. The van der Waals surface area contributed by atoms with Gasteiger partial charge in [0.05, 0.1) is 11.1 Å². The molecule has 0 aliphatic carbocycles. The molecule has 2 fully saturated rings. The predicted molar refractivity (Wildman–Crippen MR) is 96.9 cm³/mol. The van der Waals surface area contributed by atoms with Crippen molar-refractivity contribution >= 4 is 11.8 Å². The van der Waals surface area contributed by atoms with Crippen LogP contribution in [0, 0.1) is 0 Å². The molecule has 0 aromatic carbocycles. The lowest BCUT2D eigenvalue weighted by Crippen LogP contribution is -2.52. The maximum absolute atomic E-state index is 12.4. The minimum absolute atomic E-state index is 0.0217. The molecule has 0 aromatic heterocycles. The predicted octanol–water partition coefficient (Wildman–Crippen LogP) is 0.0678. The van der Waals surface area contributed by atoms with Gasteiger partial charge in [-0.25, -0.2) is 0 Å². The maximum Gasteiger partial charge on any atom is 0.242 e. The number of piperidine rings is 1. The molecule has 7 heteroatoms. The van der Waals surface area contributed by atoms with Crippen molar-refractivity contribution in [1.29, 1.82) is 0 Å². The monoisotopic (exact) mass is 354 g/mol. The van der Waals surface area contributed by atoms with Crippen LogP contribution in [-0.4, -0.2) is 76.6 Å². The second-order valence-corrected chi connectivity index (χ2v) is 8.34. The summed E-state index contributed by atoms with van der Waals surface area (Å²) in [6.45, 7) is 8.61. The number of rotatable bonds is 4. The molecule has 1 unspecified atom stereocenters. The molecule has 0 bridgehead atoms. The van der Waals surface area contributed by atoms with Gasteiger partial charge in [0.25, 0.3) is 0 Å². The van der Waals surface area contributed by atoms with Gasteiger partial charge in [0, 0.05) is 45.7 Å². The van der Waals surface area contributed by atoms with Gasteiger partial charge in [0.2, 0.25) is 11.8 Å². The van der Waals surface area contributed by atoms with Crippen LogP contribution < -0.4 is 11.1 Å². The van der Waals surface area contributed by atoms with Crippen LogP contribution >= 0.6 is 0 Å². The second-order valence-electron chi connectivity index (χ2n) is 8.34. The van der Waals surface area contributed by atoms with Crippen LogP contribution in [0.3, 0.4) is 0 Å². The summed E-state index contributed by atoms with van der Waals surface area (Å²) in [5.74, 6) is -0.0266. The highest BCUT2D eigenvalue weighted by atomic mass is 16.3. The minimum Gasteiger partial charge on any atom is -0.388 e. The van der Waals surface area contributed by atoms with Crippen LogP contribution in [0.4, 0.5) is 0 Å². The maximum atomic E-state index is 12.4. The van der Waals surface area contributed by atoms with E-state index in [9.17, 15) is 14.7 Å². The second kappa shape index (κ2) is 8.01. The molecule has 144 valence electrons. The molecule has 0 saturated carbocycles. The van der Waals surface area contributed by atoms with E-state index in [-0.39, 0.29) is 17.9 Å². The number of carbonyl (C=O) groups excluding carboxylic acids is 2. The van der Waals surface area contributed by atoms with Crippen molar-refractivity contribution in [2.45, 2.75) is 70.1 Å². The summed E-state index contributed by atoms with van der Waals surface area (Å²) in [4.78, 5) is 27.6. The fourth-order valence-corrected chi connectivity index (χ4v) is 3.89. The molecule has 4 N–H and O–H groups in total. The van der Waals surface area contributed by atoms with Gasteiger partial charge in [-0.05, 0) is 46.0 Å². The van der Waals surface area contributed by atoms with E-state index in [1.165, 1.54) is 0 Å². The van der Waals surface area contributed by atoms with Crippen molar-refractivity contribution in [2.24, 2.45) is 5.73 Å². The Kier molecular flexibility index (Phi) is 6.45. The van der Waals surface area contributed by atoms with Crippen LogP contribution in [0.5, 0.6) is 0 Å². The molecule has 2 amide bonds. The van der Waals surface area contributed by atoms with Gasteiger partial charge in [-0.2, -0.15) is 0 Å². The first kappa shape index (κ1) is 20.1. The highest BCUT2D eigenvalue weighted by Gasteiger charge is 2.36. The van der Waals surface area contributed by atoms with Gasteiger partial charge in [-0.3, -0.25) is 9.59 Å². The number of nitrogens with two attached hydrogens (primary N) is 1. The third-order valence-electron chi connectivity index (χ3n) is 5.27. The van der Waals surface area contributed by atoms with Crippen molar-refractivity contribution in [3.05, 3.63) is 0 Å². The fourth-order valence-electron chi connectivity index (χ4n) is 3.89. The summed E-state index contributed by atoms with van der Waals surface area (Å²) >= 11 is 0. The number of hydrogen-bond acceptors (Lipinski definition) is 5. The largest absolute Gasteiger partial charge is 0.388 e. The van der Waals surface area contributed by atoms with Gasteiger partial charge in [0.15, 0.2) is 0 Å². The number of nitrogens with one attached hydrogen (secondary N) is 1. The molecule has 2 rings (SSSR count). The Bertz CT molecular complexity index is 483. The Morgan fingerprint density at radius 1 is 1.20 bits per heavy atom. The Balaban J connectivity index is 1.84. The zero-order valence-corrected chi connectivity index (χ0v) is 15.9. The summed E-state index contributed by atoms with van der Waals surface area (Å²) in [7, 11) is 0. The lowest BCUT2D eigenvalue weighted by Gasteiger charge is -2.38. The van der Waals surface area contributed by atoms with E-state index in [1.54, 1.807) is 25.7 Å². The number of amides is 2. The lowest BCUT2D eigenvalue weighted by atomic mass is 9.93. The quantitative estimate of drug-likeness (QED) is 0.663. The summed E-state index contributed by atoms with van der Waals surface area (Å²) in [6.07, 6.45) is 3.91. The van der Waals surface area contributed by atoms with Crippen molar-refractivity contribution < 1.29 is 14.7 Å². The number of carbonyl (C=O) groups is 2.